The van der Waals surface area contributed by atoms with E-state index in [1.165, 1.54) is 6.07 Å². The van der Waals surface area contributed by atoms with Gasteiger partial charge in [0.1, 0.15) is 17.2 Å². The molecule has 2 aromatic carbocycles. The molecule has 0 unspecified atom stereocenters. The van der Waals surface area contributed by atoms with Crippen molar-refractivity contribution in [3.8, 4) is 33.6 Å². The molecule has 186 valence electrons. The van der Waals surface area contributed by atoms with Crippen molar-refractivity contribution in [3.63, 3.8) is 0 Å². The van der Waals surface area contributed by atoms with E-state index in [2.05, 4.69) is 47.6 Å². The number of halogens is 1. The quantitative estimate of drug-likeness (QED) is 0.281. The molecule has 0 saturated heterocycles. The molecule has 0 atom stereocenters. The molecular weight excluding hydrogens is 467 g/mol. The van der Waals surface area contributed by atoms with Crippen LogP contribution in [-0.4, -0.2) is 62.0 Å². The van der Waals surface area contributed by atoms with Gasteiger partial charge in [-0.15, -0.1) is 0 Å². The summed E-state index contributed by atoms with van der Waals surface area (Å²) in [6.45, 7) is 1.58. The fourth-order valence-corrected chi connectivity index (χ4v) is 4.65. The van der Waals surface area contributed by atoms with E-state index in [0.29, 0.717) is 0 Å². The Hall–Kier alpha value is -4.50. The van der Waals surface area contributed by atoms with Crippen molar-refractivity contribution in [2.45, 2.75) is 0 Å². The predicted octanol–water partition coefficient (Wildman–Crippen LogP) is 5.29. The number of H-pyrrole nitrogens is 2. The lowest BCUT2D eigenvalue weighted by molar-refractivity contribution is 0.425. The van der Waals surface area contributed by atoms with Crippen LogP contribution < -0.4 is 5.32 Å². The second-order valence-electron chi connectivity index (χ2n) is 9.50. The van der Waals surface area contributed by atoms with E-state index in [4.69, 9.17) is 0 Å². The third-order valence-electron chi connectivity index (χ3n) is 6.48. The van der Waals surface area contributed by atoms with Crippen LogP contribution >= 0.6 is 0 Å². The number of nitrogens with one attached hydrogen (secondary N) is 3. The highest BCUT2D eigenvalue weighted by Crippen LogP contribution is 2.35. The van der Waals surface area contributed by atoms with Crippen LogP contribution in [0.3, 0.4) is 0 Å². The molecule has 8 nitrogen and oxygen atoms in total. The number of benzene rings is 2. The maximum absolute atomic E-state index is 14.6. The van der Waals surface area contributed by atoms with Crippen LogP contribution in [0.5, 0.6) is 0 Å². The molecule has 9 heteroatoms. The zero-order chi connectivity index (χ0) is 25.5. The Morgan fingerprint density at radius 1 is 1.00 bits per heavy atom. The van der Waals surface area contributed by atoms with Gasteiger partial charge in [-0.1, -0.05) is 6.07 Å². The molecule has 0 aliphatic heterocycles. The van der Waals surface area contributed by atoms with Gasteiger partial charge < -0.3 is 15.2 Å². The average molecular weight is 495 g/mol. The Bertz CT molecular complexity index is 1730. The summed E-state index contributed by atoms with van der Waals surface area (Å²) in [5, 5.41) is 17.2. The number of nitrogens with zero attached hydrogens (tertiary/aromatic N) is 5. The molecule has 0 aliphatic carbocycles. The highest BCUT2D eigenvalue weighted by molar-refractivity contribution is 6.00. The SMILES string of the molecule is CN(C)CCNc1cc(F)cc(-c2ccnc3[nH]c(-c4n[nH]c5ccc(-c6cnn(C)c6)cc45)cc23)c1. The van der Waals surface area contributed by atoms with Crippen LogP contribution in [0.15, 0.2) is 67.1 Å². The minimum atomic E-state index is -0.285. The first-order valence-electron chi connectivity index (χ1n) is 12.1. The number of aryl methyl sites for hydroxylation is 1. The highest BCUT2D eigenvalue weighted by atomic mass is 19.1. The molecule has 0 saturated carbocycles. The molecule has 4 heterocycles. The van der Waals surface area contributed by atoms with Gasteiger partial charge in [0, 0.05) is 54.6 Å². The summed E-state index contributed by atoms with van der Waals surface area (Å²) in [5.74, 6) is -0.285. The average Bonchev–Trinajstić information content (AvgIpc) is 3.60. The van der Waals surface area contributed by atoms with Gasteiger partial charge in [-0.25, -0.2) is 9.37 Å². The van der Waals surface area contributed by atoms with Gasteiger partial charge in [0.05, 0.1) is 17.4 Å². The summed E-state index contributed by atoms with van der Waals surface area (Å²) in [7, 11) is 5.93. The van der Waals surface area contributed by atoms with Crippen molar-refractivity contribution in [2.24, 2.45) is 7.05 Å². The standard InChI is InChI=1S/C28H27FN8/c1-36(2)9-8-30-21-11-18(10-20(29)13-21)22-6-7-31-28-23(22)14-26(33-28)27-24-12-17(4-5-25(24)34-35-27)19-15-32-37(3)16-19/h4-7,10-16,30H,8-9H2,1-3H3,(H,31,33)(H,34,35). The van der Waals surface area contributed by atoms with Gasteiger partial charge in [0.25, 0.3) is 0 Å². The Labute approximate surface area is 213 Å². The maximum Gasteiger partial charge on any atom is 0.138 e. The number of aromatic amines is 2. The Balaban J connectivity index is 1.40. The summed E-state index contributed by atoms with van der Waals surface area (Å²) in [6.07, 6.45) is 5.58. The maximum atomic E-state index is 14.6. The molecule has 3 N–H and O–H groups in total. The summed E-state index contributed by atoms with van der Waals surface area (Å²) in [6, 6.07) is 15.2. The van der Waals surface area contributed by atoms with Crippen LogP contribution in [0.4, 0.5) is 10.1 Å². The number of anilines is 1. The van der Waals surface area contributed by atoms with Gasteiger partial charge in [-0.3, -0.25) is 9.78 Å². The van der Waals surface area contributed by atoms with Crippen molar-refractivity contribution in [1.82, 2.24) is 34.8 Å². The van der Waals surface area contributed by atoms with E-state index in [9.17, 15) is 4.39 Å². The normalized spacial score (nSPS) is 11.7. The van der Waals surface area contributed by atoms with Crippen molar-refractivity contribution < 1.29 is 4.39 Å². The van der Waals surface area contributed by atoms with Crippen molar-refractivity contribution >= 4 is 27.6 Å². The van der Waals surface area contributed by atoms with E-state index in [1.807, 2.05) is 57.8 Å². The second-order valence-corrected chi connectivity index (χ2v) is 9.50. The number of rotatable bonds is 7. The molecule has 0 spiro atoms. The lowest BCUT2D eigenvalue weighted by atomic mass is 10.0. The largest absolute Gasteiger partial charge is 0.384 e. The fourth-order valence-electron chi connectivity index (χ4n) is 4.65. The van der Waals surface area contributed by atoms with E-state index in [1.54, 1.807) is 16.9 Å². The second kappa shape index (κ2) is 9.18. The van der Waals surface area contributed by atoms with Crippen LogP contribution in [0.25, 0.3) is 55.6 Å². The monoisotopic (exact) mass is 494 g/mol. The lowest BCUT2D eigenvalue weighted by Gasteiger charge is -2.13. The molecular formula is C28H27FN8. The third kappa shape index (κ3) is 4.45. The number of hydrogen-bond donors (Lipinski definition) is 3. The minimum Gasteiger partial charge on any atom is -0.384 e. The van der Waals surface area contributed by atoms with Gasteiger partial charge in [-0.05, 0) is 73.3 Å². The smallest absolute Gasteiger partial charge is 0.138 e. The number of likely N-dealkylation sites (N-methyl/N-ethyl adjacent to an activating group) is 1. The first-order valence-corrected chi connectivity index (χ1v) is 12.1. The zero-order valence-corrected chi connectivity index (χ0v) is 20.9. The molecule has 0 radical (unpaired) electrons. The topological polar surface area (TPSA) is 90.4 Å². The van der Waals surface area contributed by atoms with Crippen LogP contribution in [-0.2, 0) is 7.05 Å². The van der Waals surface area contributed by atoms with Crippen LogP contribution in [0.1, 0.15) is 0 Å². The molecule has 6 aromatic rings. The van der Waals surface area contributed by atoms with Crippen molar-refractivity contribution in [3.05, 3.63) is 72.9 Å². The lowest BCUT2D eigenvalue weighted by Crippen LogP contribution is -2.20. The number of pyridine rings is 1. The molecule has 4 aromatic heterocycles. The molecule has 0 amide bonds. The Morgan fingerprint density at radius 2 is 1.89 bits per heavy atom. The molecule has 6 rings (SSSR count). The van der Waals surface area contributed by atoms with Gasteiger partial charge in [0.15, 0.2) is 0 Å². The summed E-state index contributed by atoms with van der Waals surface area (Å²) in [5.41, 5.74) is 7.84. The first kappa shape index (κ1) is 22.9. The molecule has 37 heavy (non-hydrogen) atoms. The van der Waals surface area contributed by atoms with Gasteiger partial charge >= 0.3 is 0 Å². The summed E-state index contributed by atoms with van der Waals surface area (Å²) >= 11 is 0. The predicted molar refractivity (Wildman–Crippen MR) is 146 cm³/mol. The molecule has 0 fully saturated rings. The van der Waals surface area contributed by atoms with E-state index < -0.39 is 0 Å². The molecule has 0 aliphatic rings. The van der Waals surface area contributed by atoms with Crippen molar-refractivity contribution in [2.75, 3.05) is 32.5 Å². The van der Waals surface area contributed by atoms with Crippen LogP contribution in [0.2, 0.25) is 0 Å². The summed E-state index contributed by atoms with van der Waals surface area (Å²) in [4.78, 5) is 10.0. The zero-order valence-electron chi connectivity index (χ0n) is 20.9. The van der Waals surface area contributed by atoms with Crippen LogP contribution in [0, 0.1) is 5.82 Å². The number of fused-ring (bicyclic) bond motifs is 2. The highest BCUT2D eigenvalue weighted by Gasteiger charge is 2.16. The summed E-state index contributed by atoms with van der Waals surface area (Å²) < 4.78 is 16.4. The third-order valence-corrected chi connectivity index (χ3v) is 6.48. The van der Waals surface area contributed by atoms with E-state index >= 15 is 0 Å². The van der Waals surface area contributed by atoms with E-state index in [0.717, 1.165) is 74.4 Å². The Morgan fingerprint density at radius 3 is 2.70 bits per heavy atom. The fraction of sp³-hybridized carbons (Fsp3) is 0.179. The number of aromatic nitrogens is 6. The molecule has 0 bridgehead atoms. The first-order chi connectivity index (χ1) is 17.9. The minimum absolute atomic E-state index is 0.285. The van der Waals surface area contributed by atoms with Crippen molar-refractivity contribution in [1.29, 1.82) is 0 Å². The van der Waals surface area contributed by atoms with Gasteiger partial charge in [0.2, 0.25) is 0 Å². The van der Waals surface area contributed by atoms with Gasteiger partial charge in [-0.2, -0.15) is 10.2 Å². The Kier molecular flexibility index (Phi) is 5.69. The van der Waals surface area contributed by atoms with E-state index in [-0.39, 0.29) is 5.82 Å². The number of hydrogen-bond acceptors (Lipinski definition) is 5.